The Morgan fingerprint density at radius 2 is 1.82 bits per heavy atom. The lowest BCUT2D eigenvalue weighted by atomic mass is 10.1. The van der Waals surface area contributed by atoms with Crippen molar-refractivity contribution in [2.45, 2.75) is 31.2 Å². The van der Waals surface area contributed by atoms with Crippen molar-refractivity contribution in [1.82, 2.24) is 19.7 Å². The second-order valence-electron chi connectivity index (χ2n) is 7.70. The fraction of sp³-hybridized carbons (Fsp3) is 0.167. The molecule has 2 heterocycles. The molecule has 0 saturated carbocycles. The highest BCUT2D eigenvalue weighted by Crippen LogP contribution is 2.31. The molecule has 2 aromatic carbocycles. The van der Waals surface area contributed by atoms with Gasteiger partial charge in [-0.3, -0.25) is 24.5 Å². The fourth-order valence-electron chi connectivity index (χ4n) is 3.28. The van der Waals surface area contributed by atoms with Crippen LogP contribution in [0, 0.1) is 24.0 Å². The molecule has 0 fully saturated rings. The van der Waals surface area contributed by atoms with Crippen molar-refractivity contribution >= 4 is 29.0 Å². The average Bonchev–Trinajstić information content (AvgIpc) is 3.25. The minimum atomic E-state index is -0.543. The first-order chi connectivity index (χ1) is 16.3. The van der Waals surface area contributed by atoms with Crippen molar-refractivity contribution in [2.75, 3.05) is 5.32 Å². The molecule has 0 saturated heterocycles. The molecule has 4 rings (SSSR count). The van der Waals surface area contributed by atoms with Crippen LogP contribution in [0.3, 0.4) is 0 Å². The monoisotopic (exact) mass is 474 g/mol. The van der Waals surface area contributed by atoms with Crippen LogP contribution in [0.25, 0.3) is 17.1 Å². The van der Waals surface area contributed by atoms with E-state index < -0.39 is 10.2 Å². The van der Waals surface area contributed by atoms with Crippen molar-refractivity contribution < 1.29 is 9.72 Å². The van der Waals surface area contributed by atoms with Crippen LogP contribution >= 0.6 is 11.8 Å². The number of carbonyl (C=O) groups is 1. The van der Waals surface area contributed by atoms with Crippen molar-refractivity contribution in [2.24, 2.45) is 0 Å². The zero-order valence-electron chi connectivity index (χ0n) is 18.8. The number of thioether (sulfide) groups is 1. The van der Waals surface area contributed by atoms with Crippen LogP contribution in [0.1, 0.15) is 18.1 Å². The van der Waals surface area contributed by atoms with Crippen LogP contribution < -0.4 is 5.32 Å². The maximum atomic E-state index is 12.9. The lowest BCUT2D eigenvalue weighted by Gasteiger charge is -2.15. The molecule has 1 unspecified atom stereocenters. The van der Waals surface area contributed by atoms with Gasteiger partial charge < -0.3 is 5.32 Å². The molecular weight excluding hydrogens is 452 g/mol. The molecule has 1 amide bonds. The zero-order chi connectivity index (χ0) is 24.2. The van der Waals surface area contributed by atoms with Crippen LogP contribution in [-0.4, -0.2) is 35.8 Å². The minimum absolute atomic E-state index is 0.0883. The van der Waals surface area contributed by atoms with Gasteiger partial charge in [0, 0.05) is 35.8 Å². The Bertz CT molecular complexity index is 1360. The lowest BCUT2D eigenvalue weighted by molar-refractivity contribution is -0.384. The summed E-state index contributed by atoms with van der Waals surface area (Å²) in [6.07, 6.45) is 3.38. The first-order valence-corrected chi connectivity index (χ1v) is 11.4. The molecule has 0 aliphatic rings. The Labute approximate surface area is 200 Å². The maximum Gasteiger partial charge on any atom is 0.271 e. The number of non-ortho nitro benzene ring substituents is 1. The van der Waals surface area contributed by atoms with Gasteiger partial charge in [-0.15, -0.1) is 10.2 Å². The number of nitrogens with zero attached hydrogens (tertiary/aromatic N) is 5. The SMILES string of the molecule is Cc1ccc(-n2c(SC(C)C(=O)Nc3cccc([N+](=O)[O-])c3)nnc2-c2ccncc2)cc1C. The fourth-order valence-corrected chi connectivity index (χ4v) is 4.15. The third kappa shape index (κ3) is 4.96. The molecule has 9 nitrogen and oxygen atoms in total. The summed E-state index contributed by atoms with van der Waals surface area (Å²) >= 11 is 1.26. The summed E-state index contributed by atoms with van der Waals surface area (Å²) < 4.78 is 1.92. The van der Waals surface area contributed by atoms with Gasteiger partial charge in [-0.25, -0.2) is 0 Å². The minimum Gasteiger partial charge on any atom is -0.325 e. The predicted molar refractivity (Wildman–Crippen MR) is 131 cm³/mol. The normalized spacial score (nSPS) is 11.7. The third-order valence-electron chi connectivity index (χ3n) is 5.30. The summed E-state index contributed by atoms with van der Waals surface area (Å²) in [5.74, 6) is 0.338. The summed E-state index contributed by atoms with van der Waals surface area (Å²) in [4.78, 5) is 27.4. The number of anilines is 1. The number of benzene rings is 2. The summed E-state index contributed by atoms with van der Waals surface area (Å²) in [5, 5.41) is 22.5. The van der Waals surface area contributed by atoms with E-state index in [9.17, 15) is 14.9 Å². The number of amides is 1. The van der Waals surface area contributed by atoms with E-state index in [1.807, 2.05) is 42.7 Å². The molecule has 34 heavy (non-hydrogen) atoms. The third-order valence-corrected chi connectivity index (χ3v) is 6.34. The summed E-state index contributed by atoms with van der Waals surface area (Å²) in [7, 11) is 0. The van der Waals surface area contributed by atoms with Crippen molar-refractivity contribution in [3.05, 3.63) is 88.2 Å². The first kappa shape index (κ1) is 23.1. The number of nitro groups is 1. The topological polar surface area (TPSA) is 116 Å². The van der Waals surface area contributed by atoms with Crippen molar-refractivity contribution in [1.29, 1.82) is 0 Å². The molecule has 2 aromatic heterocycles. The van der Waals surface area contributed by atoms with Gasteiger partial charge in [0.1, 0.15) is 0 Å². The zero-order valence-corrected chi connectivity index (χ0v) is 19.6. The number of aryl methyl sites for hydroxylation is 2. The van der Waals surface area contributed by atoms with E-state index in [0.29, 0.717) is 16.7 Å². The van der Waals surface area contributed by atoms with Gasteiger partial charge in [0.15, 0.2) is 11.0 Å². The number of carbonyl (C=O) groups excluding carboxylic acids is 1. The van der Waals surface area contributed by atoms with E-state index >= 15 is 0 Å². The number of aromatic nitrogens is 4. The number of pyridine rings is 1. The largest absolute Gasteiger partial charge is 0.325 e. The van der Waals surface area contributed by atoms with E-state index in [0.717, 1.165) is 16.8 Å². The van der Waals surface area contributed by atoms with Gasteiger partial charge in [-0.05, 0) is 62.2 Å². The van der Waals surface area contributed by atoms with E-state index in [-0.39, 0.29) is 11.6 Å². The van der Waals surface area contributed by atoms with Crippen LogP contribution in [-0.2, 0) is 4.79 Å². The molecule has 1 atom stereocenters. The molecule has 1 N–H and O–H groups in total. The van der Waals surface area contributed by atoms with Crippen molar-refractivity contribution in [3.8, 4) is 17.1 Å². The smallest absolute Gasteiger partial charge is 0.271 e. The predicted octanol–water partition coefficient (Wildman–Crippen LogP) is 4.97. The summed E-state index contributed by atoms with van der Waals surface area (Å²) in [6, 6.07) is 15.6. The molecule has 172 valence electrons. The Morgan fingerprint density at radius 3 is 2.53 bits per heavy atom. The molecule has 0 radical (unpaired) electrons. The second kappa shape index (κ2) is 9.84. The Hall–Kier alpha value is -4.05. The summed E-state index contributed by atoms with van der Waals surface area (Å²) in [5.41, 5.74) is 4.30. The molecule has 0 bridgehead atoms. The summed E-state index contributed by atoms with van der Waals surface area (Å²) in [6.45, 7) is 5.84. The molecule has 10 heteroatoms. The Morgan fingerprint density at radius 1 is 1.06 bits per heavy atom. The van der Waals surface area contributed by atoms with Gasteiger partial charge in [-0.2, -0.15) is 0 Å². The van der Waals surface area contributed by atoms with Crippen LogP contribution in [0.2, 0.25) is 0 Å². The number of nitro benzene ring substituents is 1. The highest BCUT2D eigenvalue weighted by atomic mass is 32.2. The molecular formula is C24H22N6O3S. The van der Waals surface area contributed by atoms with Crippen molar-refractivity contribution in [3.63, 3.8) is 0 Å². The number of hydrogen-bond acceptors (Lipinski definition) is 7. The highest BCUT2D eigenvalue weighted by molar-refractivity contribution is 8.00. The molecule has 0 aliphatic carbocycles. The average molecular weight is 475 g/mol. The van der Waals surface area contributed by atoms with E-state index in [2.05, 4.69) is 26.6 Å². The maximum absolute atomic E-state index is 12.9. The van der Waals surface area contributed by atoms with Gasteiger partial charge in [0.05, 0.1) is 15.9 Å². The first-order valence-electron chi connectivity index (χ1n) is 10.5. The standard InChI is InChI=1S/C24H22N6O3S/c1-15-7-8-20(13-16(15)2)29-22(18-9-11-25-12-10-18)27-28-24(29)34-17(3)23(31)26-19-5-4-6-21(14-19)30(32)33/h4-14,17H,1-3H3,(H,26,31). The molecule has 0 spiro atoms. The number of hydrogen-bond donors (Lipinski definition) is 1. The van der Waals surface area contributed by atoms with Crippen LogP contribution in [0.4, 0.5) is 11.4 Å². The van der Waals surface area contributed by atoms with E-state index in [1.54, 1.807) is 25.4 Å². The number of nitrogens with one attached hydrogen (secondary N) is 1. The van der Waals surface area contributed by atoms with E-state index in [1.165, 1.54) is 35.5 Å². The lowest BCUT2D eigenvalue weighted by Crippen LogP contribution is -2.23. The van der Waals surface area contributed by atoms with Gasteiger partial charge in [0.2, 0.25) is 5.91 Å². The highest BCUT2D eigenvalue weighted by Gasteiger charge is 2.22. The Balaban J connectivity index is 1.64. The Kier molecular flexibility index (Phi) is 6.69. The quantitative estimate of drug-likeness (QED) is 0.228. The van der Waals surface area contributed by atoms with Gasteiger partial charge >= 0.3 is 0 Å². The van der Waals surface area contributed by atoms with Gasteiger partial charge in [-0.1, -0.05) is 23.9 Å². The van der Waals surface area contributed by atoms with Crippen LogP contribution in [0.15, 0.2) is 72.1 Å². The number of rotatable bonds is 7. The van der Waals surface area contributed by atoms with Gasteiger partial charge in [0.25, 0.3) is 5.69 Å². The second-order valence-corrected chi connectivity index (χ2v) is 9.01. The van der Waals surface area contributed by atoms with Crippen LogP contribution in [0.5, 0.6) is 0 Å². The van der Waals surface area contributed by atoms with E-state index in [4.69, 9.17) is 0 Å². The molecule has 4 aromatic rings. The molecule has 0 aliphatic heterocycles.